The SMILES string of the molecule is C=CCOCC1CO1.C=Cn1ccnc1. The van der Waals surface area contributed by atoms with Crippen molar-refractivity contribution in [2.75, 3.05) is 19.8 Å². The average molecular weight is 208 g/mol. The smallest absolute Gasteiger partial charge is 0.104 e. The van der Waals surface area contributed by atoms with Gasteiger partial charge in [0.2, 0.25) is 0 Å². The number of aromatic nitrogens is 2. The third-order valence-corrected chi connectivity index (χ3v) is 1.68. The van der Waals surface area contributed by atoms with Gasteiger partial charge in [0.25, 0.3) is 0 Å². The third-order valence-electron chi connectivity index (χ3n) is 1.68. The van der Waals surface area contributed by atoms with E-state index >= 15 is 0 Å². The van der Waals surface area contributed by atoms with Crippen LogP contribution in [0.15, 0.2) is 38.0 Å². The van der Waals surface area contributed by atoms with E-state index in [1.54, 1.807) is 29.4 Å². The molecule has 0 N–H and O–H groups in total. The molecule has 0 bridgehead atoms. The lowest BCUT2D eigenvalue weighted by atomic mass is 10.5. The fourth-order valence-electron chi connectivity index (χ4n) is 0.825. The van der Waals surface area contributed by atoms with E-state index in [0.29, 0.717) is 12.7 Å². The lowest BCUT2D eigenvalue weighted by molar-refractivity contribution is 0.141. The number of epoxide rings is 1. The monoisotopic (exact) mass is 208 g/mol. The molecule has 1 aliphatic rings. The summed E-state index contributed by atoms with van der Waals surface area (Å²) in [6, 6.07) is 0. The van der Waals surface area contributed by atoms with Crippen LogP contribution in [0.3, 0.4) is 0 Å². The summed E-state index contributed by atoms with van der Waals surface area (Å²) in [5.74, 6) is 0. The molecule has 1 aromatic rings. The van der Waals surface area contributed by atoms with Gasteiger partial charge < -0.3 is 14.0 Å². The molecule has 4 heteroatoms. The van der Waals surface area contributed by atoms with Crippen LogP contribution in [-0.4, -0.2) is 35.5 Å². The molecule has 1 fully saturated rings. The van der Waals surface area contributed by atoms with Crippen LogP contribution in [0.4, 0.5) is 0 Å². The standard InChI is InChI=1S/C6H10O2.C5H6N2/c1-2-3-7-4-6-5-8-6;1-2-7-4-3-6-5-7/h2,6H,1,3-5H2;2-5H,1H2. The molecule has 0 aliphatic carbocycles. The van der Waals surface area contributed by atoms with Gasteiger partial charge in [-0.1, -0.05) is 12.7 Å². The van der Waals surface area contributed by atoms with Crippen molar-refractivity contribution in [3.8, 4) is 0 Å². The molecule has 1 aromatic heterocycles. The number of hydrogen-bond donors (Lipinski definition) is 0. The minimum atomic E-state index is 0.384. The Bertz CT molecular complexity index is 279. The van der Waals surface area contributed by atoms with Gasteiger partial charge in [0.1, 0.15) is 6.10 Å². The molecule has 0 aromatic carbocycles. The second-order valence-electron chi connectivity index (χ2n) is 2.97. The molecule has 2 heterocycles. The summed E-state index contributed by atoms with van der Waals surface area (Å²) in [4.78, 5) is 3.78. The third kappa shape index (κ3) is 5.83. The molecule has 82 valence electrons. The maximum Gasteiger partial charge on any atom is 0.104 e. The fraction of sp³-hybridized carbons (Fsp3) is 0.364. The quantitative estimate of drug-likeness (QED) is 0.419. The minimum Gasteiger partial charge on any atom is -0.375 e. The highest BCUT2D eigenvalue weighted by Crippen LogP contribution is 2.07. The number of imidazole rings is 1. The molecule has 4 nitrogen and oxygen atoms in total. The maximum atomic E-state index is 5.06. The van der Waals surface area contributed by atoms with Gasteiger partial charge in [-0.15, -0.1) is 6.58 Å². The predicted molar refractivity (Wildman–Crippen MR) is 59.4 cm³/mol. The van der Waals surface area contributed by atoms with E-state index in [1.807, 2.05) is 6.20 Å². The summed E-state index contributed by atoms with van der Waals surface area (Å²) >= 11 is 0. The summed E-state index contributed by atoms with van der Waals surface area (Å²) in [5.41, 5.74) is 0. The van der Waals surface area contributed by atoms with Gasteiger partial charge in [-0.3, -0.25) is 0 Å². The number of rotatable bonds is 5. The Balaban J connectivity index is 0.000000151. The van der Waals surface area contributed by atoms with Crippen LogP contribution in [0.2, 0.25) is 0 Å². The van der Waals surface area contributed by atoms with E-state index < -0.39 is 0 Å². The highest BCUT2D eigenvalue weighted by atomic mass is 16.6. The number of nitrogens with zero attached hydrogens (tertiary/aromatic N) is 2. The van der Waals surface area contributed by atoms with Gasteiger partial charge >= 0.3 is 0 Å². The summed E-state index contributed by atoms with van der Waals surface area (Å²) < 4.78 is 11.7. The lowest BCUT2D eigenvalue weighted by Crippen LogP contribution is -2.00. The minimum absolute atomic E-state index is 0.384. The Morgan fingerprint density at radius 2 is 2.40 bits per heavy atom. The molecule has 1 aliphatic heterocycles. The van der Waals surface area contributed by atoms with Crippen LogP contribution in [0.5, 0.6) is 0 Å². The number of hydrogen-bond acceptors (Lipinski definition) is 3. The molecular formula is C11H16N2O2. The molecule has 1 saturated heterocycles. The van der Waals surface area contributed by atoms with E-state index in [1.165, 1.54) is 0 Å². The van der Waals surface area contributed by atoms with Gasteiger partial charge in [0.15, 0.2) is 0 Å². The average Bonchev–Trinajstić information content (AvgIpc) is 2.94. The molecule has 1 atom stereocenters. The van der Waals surface area contributed by atoms with Crippen LogP contribution in [0.25, 0.3) is 6.20 Å². The largest absolute Gasteiger partial charge is 0.375 e. The Morgan fingerprint density at radius 1 is 1.60 bits per heavy atom. The van der Waals surface area contributed by atoms with E-state index in [0.717, 1.165) is 13.2 Å². The topological polar surface area (TPSA) is 39.6 Å². The van der Waals surface area contributed by atoms with Crippen LogP contribution in [0.1, 0.15) is 0 Å². The Labute approximate surface area is 89.8 Å². The lowest BCUT2D eigenvalue weighted by Gasteiger charge is -1.92. The predicted octanol–water partition coefficient (Wildman–Crippen LogP) is 1.57. The van der Waals surface area contributed by atoms with Crippen LogP contribution < -0.4 is 0 Å². The molecule has 2 rings (SSSR count). The molecule has 1 unspecified atom stereocenters. The van der Waals surface area contributed by atoms with Crippen molar-refractivity contribution in [1.29, 1.82) is 0 Å². The van der Waals surface area contributed by atoms with Crippen LogP contribution in [-0.2, 0) is 9.47 Å². The molecule has 0 radical (unpaired) electrons. The molecule has 15 heavy (non-hydrogen) atoms. The molecule has 0 amide bonds. The molecular weight excluding hydrogens is 192 g/mol. The second-order valence-corrected chi connectivity index (χ2v) is 2.97. The van der Waals surface area contributed by atoms with Crippen molar-refractivity contribution in [2.45, 2.75) is 6.10 Å². The zero-order valence-electron chi connectivity index (χ0n) is 8.71. The van der Waals surface area contributed by atoms with Gasteiger partial charge in [0.05, 0.1) is 26.1 Å². The zero-order valence-corrected chi connectivity index (χ0v) is 8.71. The van der Waals surface area contributed by atoms with Crippen LogP contribution in [0, 0.1) is 0 Å². The first-order chi connectivity index (χ1) is 7.36. The zero-order chi connectivity index (χ0) is 10.9. The second kappa shape index (κ2) is 6.98. The number of ether oxygens (including phenoxy) is 2. The van der Waals surface area contributed by atoms with E-state index in [9.17, 15) is 0 Å². The molecule has 0 saturated carbocycles. The Morgan fingerprint density at radius 3 is 2.80 bits per heavy atom. The first-order valence-corrected chi connectivity index (χ1v) is 4.77. The summed E-state index contributed by atoms with van der Waals surface area (Å²) in [7, 11) is 0. The van der Waals surface area contributed by atoms with Crippen molar-refractivity contribution in [2.24, 2.45) is 0 Å². The first-order valence-electron chi connectivity index (χ1n) is 4.77. The van der Waals surface area contributed by atoms with Crippen LogP contribution >= 0.6 is 0 Å². The van der Waals surface area contributed by atoms with Crippen molar-refractivity contribution >= 4 is 6.20 Å². The Hall–Kier alpha value is -1.39. The summed E-state index contributed by atoms with van der Waals surface area (Å²) in [6.45, 7) is 9.28. The summed E-state index contributed by atoms with van der Waals surface area (Å²) in [5, 5.41) is 0. The first kappa shape index (κ1) is 11.7. The van der Waals surface area contributed by atoms with Crippen molar-refractivity contribution in [3.05, 3.63) is 38.0 Å². The highest BCUT2D eigenvalue weighted by Gasteiger charge is 2.21. The van der Waals surface area contributed by atoms with Gasteiger partial charge in [-0.05, 0) is 0 Å². The fourth-order valence-corrected chi connectivity index (χ4v) is 0.825. The van der Waals surface area contributed by atoms with Crippen molar-refractivity contribution in [1.82, 2.24) is 9.55 Å². The summed E-state index contributed by atoms with van der Waals surface area (Å²) in [6.07, 6.45) is 9.03. The normalized spacial score (nSPS) is 17.5. The van der Waals surface area contributed by atoms with Gasteiger partial charge in [-0.25, -0.2) is 4.98 Å². The van der Waals surface area contributed by atoms with Crippen molar-refractivity contribution in [3.63, 3.8) is 0 Å². The van der Waals surface area contributed by atoms with Gasteiger partial charge in [-0.2, -0.15) is 0 Å². The highest BCUT2D eigenvalue weighted by molar-refractivity contribution is 5.14. The maximum absolute atomic E-state index is 5.06. The van der Waals surface area contributed by atoms with E-state index in [-0.39, 0.29) is 0 Å². The van der Waals surface area contributed by atoms with E-state index in [4.69, 9.17) is 9.47 Å². The van der Waals surface area contributed by atoms with Gasteiger partial charge in [0, 0.05) is 18.6 Å². The van der Waals surface area contributed by atoms with Crippen molar-refractivity contribution < 1.29 is 9.47 Å². The molecule has 0 spiro atoms. The van der Waals surface area contributed by atoms with E-state index in [2.05, 4.69) is 18.1 Å². The Kier molecular flexibility index (Phi) is 5.43.